The Morgan fingerprint density at radius 3 is 2.54 bits per heavy atom. The van der Waals surface area contributed by atoms with Crippen LogP contribution in [0.2, 0.25) is 0 Å². The predicted molar refractivity (Wildman–Crippen MR) is 95.7 cm³/mol. The minimum absolute atomic E-state index is 0.0219. The second kappa shape index (κ2) is 8.63. The molecule has 2 rings (SSSR count). The van der Waals surface area contributed by atoms with Crippen molar-refractivity contribution >= 4 is 5.91 Å². The number of ether oxygens (including phenoxy) is 1. The van der Waals surface area contributed by atoms with Crippen molar-refractivity contribution in [1.29, 1.82) is 0 Å². The summed E-state index contributed by atoms with van der Waals surface area (Å²) in [5, 5.41) is 13.4. The van der Waals surface area contributed by atoms with Crippen molar-refractivity contribution < 1.29 is 14.6 Å². The summed E-state index contributed by atoms with van der Waals surface area (Å²) in [5.41, 5.74) is 0.649. The summed E-state index contributed by atoms with van der Waals surface area (Å²) in [6.45, 7) is 7.46. The Labute approximate surface area is 145 Å². The van der Waals surface area contributed by atoms with E-state index in [-0.39, 0.29) is 11.9 Å². The largest absolute Gasteiger partial charge is 0.391 e. The fraction of sp³-hybridized carbons (Fsp3) is 0.650. The van der Waals surface area contributed by atoms with Gasteiger partial charge in [0.2, 0.25) is 5.91 Å². The molecule has 1 fully saturated rings. The maximum absolute atomic E-state index is 12.7. The SMILES string of the molecule is CC(NC(=O)C(C)(C)CC1CCOCC1)C(O)Cc1ccccc1. The van der Waals surface area contributed by atoms with Crippen molar-refractivity contribution in [1.82, 2.24) is 5.32 Å². The molecule has 0 spiro atoms. The van der Waals surface area contributed by atoms with Gasteiger partial charge in [-0.15, -0.1) is 0 Å². The Bertz CT molecular complexity index is 509. The maximum Gasteiger partial charge on any atom is 0.225 e. The van der Waals surface area contributed by atoms with Crippen LogP contribution < -0.4 is 5.32 Å². The van der Waals surface area contributed by atoms with Crippen molar-refractivity contribution in [3.63, 3.8) is 0 Å². The Morgan fingerprint density at radius 2 is 1.92 bits per heavy atom. The van der Waals surface area contributed by atoms with Crippen molar-refractivity contribution in [2.24, 2.45) is 11.3 Å². The van der Waals surface area contributed by atoms with Crippen LogP contribution in [0.15, 0.2) is 30.3 Å². The van der Waals surface area contributed by atoms with E-state index in [4.69, 9.17) is 4.74 Å². The van der Waals surface area contributed by atoms with Gasteiger partial charge >= 0.3 is 0 Å². The lowest BCUT2D eigenvalue weighted by atomic mass is 9.79. The minimum atomic E-state index is -0.588. The van der Waals surface area contributed by atoms with Crippen molar-refractivity contribution in [2.75, 3.05) is 13.2 Å². The molecule has 2 N–H and O–H groups in total. The standard InChI is InChI=1S/C20H31NO3/c1-15(18(22)13-16-7-5-4-6-8-16)21-19(23)20(2,3)14-17-9-11-24-12-10-17/h4-8,15,17-18,22H,9-14H2,1-3H3,(H,21,23). The first-order chi connectivity index (χ1) is 11.4. The monoisotopic (exact) mass is 333 g/mol. The number of carbonyl (C=O) groups is 1. The van der Waals surface area contributed by atoms with Gasteiger partial charge in [0, 0.05) is 25.0 Å². The summed E-state index contributed by atoms with van der Waals surface area (Å²) in [4.78, 5) is 12.7. The smallest absolute Gasteiger partial charge is 0.225 e. The second-order valence-corrected chi connectivity index (χ2v) is 7.66. The van der Waals surface area contributed by atoms with Crippen LogP contribution in [0.25, 0.3) is 0 Å². The van der Waals surface area contributed by atoms with Gasteiger partial charge in [-0.05, 0) is 37.7 Å². The second-order valence-electron chi connectivity index (χ2n) is 7.66. The summed E-state index contributed by atoms with van der Waals surface area (Å²) in [7, 11) is 0. The molecule has 0 saturated carbocycles. The van der Waals surface area contributed by atoms with E-state index in [1.54, 1.807) is 0 Å². The molecule has 1 aromatic carbocycles. The van der Waals surface area contributed by atoms with Gasteiger partial charge in [0.25, 0.3) is 0 Å². The number of aliphatic hydroxyl groups excluding tert-OH is 1. The highest BCUT2D eigenvalue weighted by Gasteiger charge is 2.33. The summed E-state index contributed by atoms with van der Waals surface area (Å²) < 4.78 is 5.39. The molecule has 1 aliphatic heterocycles. The third-order valence-corrected chi connectivity index (χ3v) is 4.98. The summed E-state index contributed by atoms with van der Waals surface area (Å²) in [6, 6.07) is 9.59. The average Bonchev–Trinajstić information content (AvgIpc) is 2.56. The highest BCUT2D eigenvalue weighted by Crippen LogP contribution is 2.31. The van der Waals surface area contributed by atoms with E-state index in [0.717, 1.165) is 38.0 Å². The lowest BCUT2D eigenvalue weighted by Gasteiger charge is -2.32. The van der Waals surface area contributed by atoms with E-state index < -0.39 is 11.5 Å². The number of carbonyl (C=O) groups excluding carboxylic acids is 1. The third kappa shape index (κ3) is 5.60. The van der Waals surface area contributed by atoms with Gasteiger partial charge in [0.15, 0.2) is 0 Å². The van der Waals surface area contributed by atoms with Gasteiger partial charge in [-0.25, -0.2) is 0 Å². The van der Waals surface area contributed by atoms with E-state index in [1.807, 2.05) is 51.1 Å². The minimum Gasteiger partial charge on any atom is -0.391 e. The van der Waals surface area contributed by atoms with Crippen LogP contribution >= 0.6 is 0 Å². The average molecular weight is 333 g/mol. The molecule has 1 aliphatic rings. The quantitative estimate of drug-likeness (QED) is 0.806. The van der Waals surface area contributed by atoms with E-state index in [9.17, 15) is 9.90 Å². The molecular formula is C20H31NO3. The van der Waals surface area contributed by atoms with Crippen LogP contribution in [-0.4, -0.2) is 36.4 Å². The van der Waals surface area contributed by atoms with Crippen LogP contribution in [-0.2, 0) is 16.0 Å². The fourth-order valence-corrected chi connectivity index (χ4v) is 3.30. The molecule has 2 atom stereocenters. The zero-order chi connectivity index (χ0) is 17.6. The topological polar surface area (TPSA) is 58.6 Å². The Morgan fingerprint density at radius 1 is 1.29 bits per heavy atom. The van der Waals surface area contributed by atoms with E-state index >= 15 is 0 Å². The van der Waals surface area contributed by atoms with Crippen molar-refractivity contribution in [2.45, 2.75) is 58.6 Å². The number of hydrogen-bond donors (Lipinski definition) is 2. The lowest BCUT2D eigenvalue weighted by molar-refractivity contribution is -0.132. The number of amides is 1. The molecule has 24 heavy (non-hydrogen) atoms. The molecule has 0 aromatic heterocycles. The number of hydrogen-bond acceptors (Lipinski definition) is 3. The molecule has 0 radical (unpaired) electrons. The zero-order valence-electron chi connectivity index (χ0n) is 15.1. The molecule has 134 valence electrons. The normalized spacial score (nSPS) is 18.8. The third-order valence-electron chi connectivity index (χ3n) is 4.98. The first-order valence-corrected chi connectivity index (χ1v) is 8.99. The van der Waals surface area contributed by atoms with E-state index in [1.165, 1.54) is 0 Å². The van der Waals surface area contributed by atoms with E-state index in [2.05, 4.69) is 5.32 Å². The summed E-state index contributed by atoms with van der Waals surface area (Å²) in [5.74, 6) is 0.567. The summed E-state index contributed by atoms with van der Waals surface area (Å²) >= 11 is 0. The van der Waals surface area contributed by atoms with Crippen LogP contribution in [0.1, 0.15) is 45.6 Å². The molecule has 0 bridgehead atoms. The summed E-state index contributed by atoms with van der Waals surface area (Å²) in [6.07, 6.45) is 2.88. The number of aliphatic hydroxyl groups is 1. The molecule has 1 saturated heterocycles. The molecule has 1 amide bonds. The lowest BCUT2D eigenvalue weighted by Crippen LogP contribution is -2.48. The molecular weight excluding hydrogens is 302 g/mol. The van der Waals surface area contributed by atoms with Gasteiger partial charge in [0.1, 0.15) is 0 Å². The number of rotatable bonds is 7. The molecule has 1 heterocycles. The van der Waals surface area contributed by atoms with Crippen LogP contribution in [0, 0.1) is 11.3 Å². The highest BCUT2D eigenvalue weighted by atomic mass is 16.5. The fourth-order valence-electron chi connectivity index (χ4n) is 3.30. The maximum atomic E-state index is 12.7. The Hall–Kier alpha value is -1.39. The highest BCUT2D eigenvalue weighted by molar-refractivity contribution is 5.82. The van der Waals surface area contributed by atoms with Gasteiger partial charge in [-0.3, -0.25) is 4.79 Å². The molecule has 0 aliphatic carbocycles. The van der Waals surface area contributed by atoms with Crippen LogP contribution in [0.5, 0.6) is 0 Å². The van der Waals surface area contributed by atoms with Crippen LogP contribution in [0.4, 0.5) is 0 Å². The number of nitrogens with one attached hydrogen (secondary N) is 1. The molecule has 4 heteroatoms. The Kier molecular flexibility index (Phi) is 6.81. The van der Waals surface area contributed by atoms with Gasteiger partial charge in [0.05, 0.1) is 12.1 Å². The van der Waals surface area contributed by atoms with Gasteiger partial charge in [-0.2, -0.15) is 0 Å². The first kappa shape index (κ1) is 18.9. The zero-order valence-corrected chi connectivity index (χ0v) is 15.1. The number of benzene rings is 1. The molecule has 2 unspecified atom stereocenters. The van der Waals surface area contributed by atoms with Gasteiger partial charge < -0.3 is 15.2 Å². The van der Waals surface area contributed by atoms with Crippen molar-refractivity contribution in [3.05, 3.63) is 35.9 Å². The predicted octanol–water partition coefficient (Wildman–Crippen LogP) is 2.94. The Balaban J connectivity index is 1.84. The molecule has 4 nitrogen and oxygen atoms in total. The van der Waals surface area contributed by atoms with E-state index in [0.29, 0.717) is 12.3 Å². The van der Waals surface area contributed by atoms with Gasteiger partial charge in [-0.1, -0.05) is 44.2 Å². The first-order valence-electron chi connectivity index (χ1n) is 8.99. The molecule has 1 aromatic rings. The van der Waals surface area contributed by atoms with Crippen LogP contribution in [0.3, 0.4) is 0 Å². The van der Waals surface area contributed by atoms with Crippen molar-refractivity contribution in [3.8, 4) is 0 Å².